The number of rotatable bonds is 7. The van der Waals surface area contributed by atoms with Gasteiger partial charge in [0, 0.05) is 23.8 Å². The van der Waals surface area contributed by atoms with Gasteiger partial charge in [0.15, 0.2) is 0 Å². The Kier molecular flexibility index (Phi) is 5.70. The number of amides is 1. The topological polar surface area (TPSA) is 94.6 Å². The SMILES string of the molecule is COc1ccc(C(C)(C)OC)cc1C1(C(=O)NS(=O)(=O)c2cccc3nc(C)ccc23)CC1. The standard InChI is InChI=1S/C25H28N2O5S/c1-16-9-11-18-20(26-16)7-6-8-22(18)33(29,30)27-23(28)25(13-14-25)19-15-17(24(2,3)32-5)10-12-21(19)31-4/h6-12,15H,13-14H2,1-5H3,(H,27,28). The second-order valence-electron chi connectivity index (χ2n) is 8.92. The highest BCUT2D eigenvalue weighted by atomic mass is 32.2. The molecule has 0 spiro atoms. The molecule has 2 aromatic carbocycles. The van der Waals surface area contributed by atoms with E-state index in [1.165, 1.54) is 13.2 Å². The Morgan fingerprint density at radius 2 is 1.82 bits per heavy atom. The first-order chi connectivity index (χ1) is 15.5. The lowest BCUT2D eigenvalue weighted by Crippen LogP contribution is -2.39. The van der Waals surface area contributed by atoms with Gasteiger partial charge in [-0.2, -0.15) is 0 Å². The van der Waals surface area contributed by atoms with Crippen LogP contribution in [0.25, 0.3) is 10.9 Å². The summed E-state index contributed by atoms with van der Waals surface area (Å²) >= 11 is 0. The molecule has 0 atom stereocenters. The number of hydrogen-bond acceptors (Lipinski definition) is 6. The molecule has 1 amide bonds. The summed E-state index contributed by atoms with van der Waals surface area (Å²) in [5, 5.41) is 0.467. The van der Waals surface area contributed by atoms with Crippen LogP contribution in [-0.2, 0) is 30.6 Å². The summed E-state index contributed by atoms with van der Waals surface area (Å²) < 4.78 is 40.0. The number of methoxy groups -OCH3 is 2. The predicted molar refractivity (Wildman–Crippen MR) is 126 cm³/mol. The number of hydrogen-bond donors (Lipinski definition) is 1. The normalized spacial score (nSPS) is 15.3. The second kappa shape index (κ2) is 8.11. The smallest absolute Gasteiger partial charge is 0.264 e. The van der Waals surface area contributed by atoms with Crippen molar-refractivity contribution >= 4 is 26.8 Å². The van der Waals surface area contributed by atoms with Crippen LogP contribution in [0.1, 0.15) is 43.5 Å². The fraction of sp³-hybridized carbons (Fsp3) is 0.360. The maximum Gasteiger partial charge on any atom is 0.264 e. The Bertz CT molecular complexity index is 1340. The predicted octanol–water partition coefficient (Wildman–Crippen LogP) is 3.97. The van der Waals surface area contributed by atoms with Crippen LogP contribution < -0.4 is 9.46 Å². The van der Waals surface area contributed by atoms with Gasteiger partial charge in [0.25, 0.3) is 10.0 Å². The van der Waals surface area contributed by atoms with Crippen molar-refractivity contribution in [3.8, 4) is 5.75 Å². The number of pyridine rings is 1. The number of carbonyl (C=O) groups is 1. The van der Waals surface area contributed by atoms with E-state index in [1.807, 2.05) is 32.9 Å². The van der Waals surface area contributed by atoms with E-state index in [4.69, 9.17) is 9.47 Å². The first kappa shape index (κ1) is 23.2. The van der Waals surface area contributed by atoms with Crippen LogP contribution in [0.15, 0.2) is 53.4 Å². The van der Waals surface area contributed by atoms with Gasteiger partial charge in [-0.05, 0) is 75.6 Å². The van der Waals surface area contributed by atoms with E-state index in [-0.39, 0.29) is 4.90 Å². The van der Waals surface area contributed by atoms with Crippen LogP contribution in [0, 0.1) is 6.92 Å². The first-order valence-electron chi connectivity index (χ1n) is 10.7. The number of ether oxygens (including phenoxy) is 2. The van der Waals surface area contributed by atoms with Crippen molar-refractivity contribution in [3.63, 3.8) is 0 Å². The number of nitrogens with zero attached hydrogens (tertiary/aromatic N) is 1. The molecule has 1 N–H and O–H groups in total. The average molecular weight is 469 g/mol. The molecule has 1 fully saturated rings. The van der Waals surface area contributed by atoms with Crippen molar-refractivity contribution in [1.29, 1.82) is 0 Å². The highest BCUT2D eigenvalue weighted by Crippen LogP contribution is 2.52. The molecule has 1 saturated carbocycles. The molecule has 0 aliphatic heterocycles. The Morgan fingerprint density at radius 3 is 2.45 bits per heavy atom. The molecule has 1 aliphatic carbocycles. The molecule has 7 nitrogen and oxygen atoms in total. The van der Waals surface area contributed by atoms with Gasteiger partial charge in [0.2, 0.25) is 5.91 Å². The molecule has 3 aromatic rings. The fourth-order valence-electron chi connectivity index (χ4n) is 4.06. The third-order valence-electron chi connectivity index (χ3n) is 6.45. The van der Waals surface area contributed by atoms with Crippen molar-refractivity contribution in [3.05, 3.63) is 65.4 Å². The lowest BCUT2D eigenvalue weighted by molar-refractivity contribution is -0.121. The number of benzene rings is 2. The van der Waals surface area contributed by atoms with E-state index in [1.54, 1.807) is 37.4 Å². The van der Waals surface area contributed by atoms with Crippen molar-refractivity contribution < 1.29 is 22.7 Å². The highest BCUT2D eigenvalue weighted by molar-refractivity contribution is 7.90. The lowest BCUT2D eigenvalue weighted by Gasteiger charge is -2.26. The number of aromatic nitrogens is 1. The van der Waals surface area contributed by atoms with Crippen molar-refractivity contribution in [1.82, 2.24) is 9.71 Å². The average Bonchev–Trinajstić information content (AvgIpc) is 3.60. The molecule has 0 saturated heterocycles. The minimum atomic E-state index is -4.12. The molecule has 1 aliphatic rings. The molecule has 1 heterocycles. The summed E-state index contributed by atoms with van der Waals surface area (Å²) in [5.74, 6) is -0.0224. The number of carbonyl (C=O) groups excluding carboxylic acids is 1. The summed E-state index contributed by atoms with van der Waals surface area (Å²) in [7, 11) is -0.959. The molecular formula is C25H28N2O5S. The first-order valence-corrected chi connectivity index (χ1v) is 12.2. The van der Waals surface area contributed by atoms with Crippen molar-refractivity contribution in [2.45, 2.75) is 49.5 Å². The molecule has 4 rings (SSSR count). The van der Waals surface area contributed by atoms with E-state index in [0.29, 0.717) is 35.1 Å². The van der Waals surface area contributed by atoms with Gasteiger partial charge < -0.3 is 9.47 Å². The van der Waals surface area contributed by atoms with Gasteiger partial charge in [-0.1, -0.05) is 12.1 Å². The van der Waals surface area contributed by atoms with Crippen LogP contribution >= 0.6 is 0 Å². The largest absolute Gasteiger partial charge is 0.496 e. The van der Waals surface area contributed by atoms with Crippen LogP contribution in [-0.4, -0.2) is 33.5 Å². The van der Waals surface area contributed by atoms with Crippen LogP contribution in [0.4, 0.5) is 0 Å². The zero-order valence-corrected chi connectivity index (χ0v) is 20.2. The molecule has 0 unspecified atom stereocenters. The van der Waals surface area contributed by atoms with Gasteiger partial charge in [0.05, 0.1) is 28.5 Å². The maximum absolute atomic E-state index is 13.4. The molecule has 8 heteroatoms. The maximum atomic E-state index is 13.4. The van der Waals surface area contributed by atoms with Crippen LogP contribution in [0.5, 0.6) is 5.75 Å². The summed E-state index contributed by atoms with van der Waals surface area (Å²) in [6.45, 7) is 5.70. The number of aryl methyl sites for hydroxylation is 1. The summed E-state index contributed by atoms with van der Waals surface area (Å²) in [6.07, 6.45) is 1.05. The van der Waals surface area contributed by atoms with E-state index in [2.05, 4.69) is 9.71 Å². The molecule has 33 heavy (non-hydrogen) atoms. The van der Waals surface area contributed by atoms with Gasteiger partial charge in [-0.3, -0.25) is 9.78 Å². The van der Waals surface area contributed by atoms with E-state index < -0.39 is 26.9 Å². The molecule has 174 valence electrons. The molecule has 0 bridgehead atoms. The Morgan fingerprint density at radius 1 is 1.09 bits per heavy atom. The third kappa shape index (κ3) is 4.09. The zero-order valence-electron chi connectivity index (χ0n) is 19.4. The summed E-state index contributed by atoms with van der Waals surface area (Å²) in [4.78, 5) is 17.8. The minimum Gasteiger partial charge on any atom is -0.496 e. The lowest BCUT2D eigenvalue weighted by atomic mass is 9.88. The van der Waals surface area contributed by atoms with Crippen molar-refractivity contribution in [2.75, 3.05) is 14.2 Å². The Hall–Kier alpha value is -2.97. The van der Waals surface area contributed by atoms with E-state index >= 15 is 0 Å². The van der Waals surface area contributed by atoms with Gasteiger partial charge in [-0.15, -0.1) is 0 Å². The van der Waals surface area contributed by atoms with Crippen LogP contribution in [0.2, 0.25) is 0 Å². The van der Waals surface area contributed by atoms with Gasteiger partial charge in [-0.25, -0.2) is 13.1 Å². The third-order valence-corrected chi connectivity index (χ3v) is 7.84. The number of sulfonamides is 1. The quantitative estimate of drug-likeness (QED) is 0.564. The van der Waals surface area contributed by atoms with Gasteiger partial charge in [0.1, 0.15) is 5.75 Å². The Balaban J connectivity index is 1.72. The minimum absolute atomic E-state index is 0.0258. The highest BCUT2D eigenvalue weighted by Gasteiger charge is 2.54. The molecule has 0 radical (unpaired) electrons. The molecular weight excluding hydrogens is 440 g/mol. The fourth-order valence-corrected chi connectivity index (χ4v) is 5.32. The number of fused-ring (bicyclic) bond motifs is 1. The summed E-state index contributed by atoms with van der Waals surface area (Å²) in [5.41, 5.74) is 1.33. The van der Waals surface area contributed by atoms with Gasteiger partial charge >= 0.3 is 0 Å². The summed E-state index contributed by atoms with van der Waals surface area (Å²) in [6, 6.07) is 13.9. The number of nitrogens with one attached hydrogen (secondary N) is 1. The van der Waals surface area contributed by atoms with E-state index in [0.717, 1.165) is 11.3 Å². The van der Waals surface area contributed by atoms with Crippen molar-refractivity contribution in [2.24, 2.45) is 0 Å². The Labute approximate surface area is 194 Å². The van der Waals surface area contributed by atoms with Crippen LogP contribution in [0.3, 0.4) is 0 Å². The monoisotopic (exact) mass is 468 g/mol. The molecule has 1 aromatic heterocycles. The zero-order chi connectivity index (χ0) is 24.0. The second-order valence-corrected chi connectivity index (χ2v) is 10.6. The van der Waals surface area contributed by atoms with E-state index in [9.17, 15) is 13.2 Å².